The predicted octanol–water partition coefficient (Wildman–Crippen LogP) is 4.83. The Kier molecular flexibility index (Phi) is 5.52. The second-order valence-corrected chi connectivity index (χ2v) is 6.99. The van der Waals surface area contributed by atoms with Gasteiger partial charge in [0.15, 0.2) is 5.13 Å². The van der Waals surface area contributed by atoms with Gasteiger partial charge in [-0.15, -0.1) is 11.3 Å². The number of anilines is 1. The van der Waals surface area contributed by atoms with E-state index in [-0.39, 0.29) is 5.57 Å². The minimum atomic E-state index is -0.528. The van der Waals surface area contributed by atoms with Crippen LogP contribution in [-0.4, -0.2) is 10.9 Å². The van der Waals surface area contributed by atoms with Gasteiger partial charge in [-0.05, 0) is 30.7 Å². The molecule has 1 N–H and O–H groups in total. The fourth-order valence-corrected chi connectivity index (χ4v) is 3.30. The van der Waals surface area contributed by atoms with E-state index in [2.05, 4.69) is 10.3 Å². The minimum Gasteiger partial charge on any atom is -0.462 e. The molecule has 3 rings (SSSR count). The lowest BCUT2D eigenvalue weighted by Gasteiger charge is -2.01. The monoisotopic (exact) mass is 383 g/mol. The number of nitrogens with zero attached hydrogens (tertiary/aromatic N) is 2. The number of carbonyl (C=O) groups is 1. The van der Waals surface area contributed by atoms with Crippen molar-refractivity contribution in [2.75, 3.05) is 5.32 Å². The molecule has 0 atom stereocenters. The summed E-state index contributed by atoms with van der Waals surface area (Å²) in [6, 6.07) is 12.9. The Morgan fingerprint density at radius 1 is 1.38 bits per heavy atom. The van der Waals surface area contributed by atoms with Gasteiger partial charge < -0.3 is 4.42 Å². The minimum absolute atomic E-state index is 0.0535. The van der Waals surface area contributed by atoms with Crippen molar-refractivity contribution in [2.24, 2.45) is 0 Å². The quantitative estimate of drug-likeness (QED) is 0.505. The summed E-state index contributed by atoms with van der Waals surface area (Å²) in [7, 11) is 0. The van der Waals surface area contributed by atoms with Crippen LogP contribution in [0.25, 0.3) is 6.08 Å². The van der Waals surface area contributed by atoms with Crippen molar-refractivity contribution < 1.29 is 9.21 Å². The van der Waals surface area contributed by atoms with Crippen LogP contribution in [0.5, 0.6) is 0 Å². The third kappa shape index (κ3) is 4.39. The summed E-state index contributed by atoms with van der Waals surface area (Å²) >= 11 is 7.51. The summed E-state index contributed by atoms with van der Waals surface area (Å²) in [5.41, 5.74) is 0.934. The molecule has 0 aliphatic rings. The highest BCUT2D eigenvalue weighted by Crippen LogP contribution is 2.25. The first-order valence-electron chi connectivity index (χ1n) is 7.73. The number of nitriles is 1. The first kappa shape index (κ1) is 17.9. The molecule has 0 saturated heterocycles. The number of benzene rings is 1. The van der Waals surface area contributed by atoms with Gasteiger partial charge in [0.1, 0.15) is 23.2 Å². The first-order valence-corrected chi connectivity index (χ1v) is 8.92. The Bertz CT molecular complexity index is 1010. The normalized spacial score (nSPS) is 11.2. The molecule has 0 aliphatic heterocycles. The number of rotatable bonds is 5. The fourth-order valence-electron chi connectivity index (χ4n) is 2.26. The molecular formula is C19H14ClN3O2S. The lowest BCUT2D eigenvalue weighted by molar-refractivity contribution is -0.112. The molecule has 1 aromatic carbocycles. The topological polar surface area (TPSA) is 78.9 Å². The molecule has 1 amide bonds. The van der Waals surface area contributed by atoms with Gasteiger partial charge >= 0.3 is 0 Å². The second kappa shape index (κ2) is 8.00. The largest absolute Gasteiger partial charge is 0.462 e. The van der Waals surface area contributed by atoms with Crippen molar-refractivity contribution in [1.29, 1.82) is 5.26 Å². The third-order valence-corrected chi connectivity index (χ3v) is 4.79. The van der Waals surface area contributed by atoms with E-state index in [1.165, 1.54) is 17.4 Å². The summed E-state index contributed by atoms with van der Waals surface area (Å²) in [5, 5.41) is 13.0. The highest BCUT2D eigenvalue weighted by Gasteiger charge is 2.13. The van der Waals surface area contributed by atoms with E-state index in [0.717, 1.165) is 10.4 Å². The molecule has 0 unspecified atom stereocenters. The molecule has 0 bridgehead atoms. The number of hydrogen-bond donors (Lipinski definition) is 1. The number of aryl methyl sites for hydroxylation is 1. The zero-order valence-corrected chi connectivity index (χ0v) is 15.4. The van der Waals surface area contributed by atoms with Crippen LogP contribution in [0.2, 0.25) is 5.02 Å². The number of aromatic nitrogens is 1. The van der Waals surface area contributed by atoms with Crippen molar-refractivity contribution in [3.05, 3.63) is 75.2 Å². The van der Waals surface area contributed by atoms with Crippen LogP contribution in [0.3, 0.4) is 0 Å². The molecule has 0 spiro atoms. The fraction of sp³-hybridized carbons (Fsp3) is 0.105. The SMILES string of the molecule is Cc1ccc(/C=C(\C#N)C(=O)Nc2ncc(Cc3ccccc3Cl)s2)o1. The predicted molar refractivity (Wildman–Crippen MR) is 102 cm³/mol. The van der Waals surface area contributed by atoms with E-state index < -0.39 is 5.91 Å². The summed E-state index contributed by atoms with van der Waals surface area (Å²) < 4.78 is 5.36. The van der Waals surface area contributed by atoms with Crippen LogP contribution in [0, 0.1) is 18.3 Å². The smallest absolute Gasteiger partial charge is 0.268 e. The first-order chi connectivity index (χ1) is 12.5. The molecule has 5 nitrogen and oxygen atoms in total. The van der Waals surface area contributed by atoms with Gasteiger partial charge in [0.2, 0.25) is 0 Å². The van der Waals surface area contributed by atoms with Gasteiger partial charge in [-0.25, -0.2) is 4.98 Å². The maximum atomic E-state index is 12.3. The molecule has 0 aliphatic carbocycles. The van der Waals surface area contributed by atoms with Crippen molar-refractivity contribution in [3.8, 4) is 6.07 Å². The van der Waals surface area contributed by atoms with Crippen molar-refractivity contribution in [3.63, 3.8) is 0 Å². The molecular weight excluding hydrogens is 370 g/mol. The zero-order valence-electron chi connectivity index (χ0n) is 13.8. The number of nitrogens with one attached hydrogen (secondary N) is 1. The molecule has 0 saturated carbocycles. The Morgan fingerprint density at radius 2 is 2.19 bits per heavy atom. The Morgan fingerprint density at radius 3 is 2.88 bits per heavy atom. The molecule has 130 valence electrons. The summed E-state index contributed by atoms with van der Waals surface area (Å²) in [6.07, 6.45) is 3.72. The van der Waals surface area contributed by atoms with E-state index in [1.807, 2.05) is 30.3 Å². The number of carbonyl (C=O) groups excluding carboxylic acids is 1. The highest BCUT2D eigenvalue weighted by molar-refractivity contribution is 7.15. The number of amides is 1. The van der Waals surface area contributed by atoms with E-state index in [0.29, 0.717) is 28.1 Å². The highest BCUT2D eigenvalue weighted by atomic mass is 35.5. The van der Waals surface area contributed by atoms with Crippen LogP contribution >= 0.6 is 22.9 Å². The van der Waals surface area contributed by atoms with Crippen molar-refractivity contribution in [2.45, 2.75) is 13.3 Å². The van der Waals surface area contributed by atoms with Crippen LogP contribution in [-0.2, 0) is 11.2 Å². The molecule has 2 heterocycles. The molecule has 3 aromatic rings. The number of halogens is 1. The van der Waals surface area contributed by atoms with Crippen LogP contribution in [0.15, 0.2) is 52.6 Å². The van der Waals surface area contributed by atoms with Gasteiger partial charge in [-0.3, -0.25) is 10.1 Å². The van der Waals surface area contributed by atoms with Crippen molar-refractivity contribution in [1.82, 2.24) is 4.98 Å². The summed E-state index contributed by atoms with van der Waals surface area (Å²) in [6.45, 7) is 1.79. The van der Waals surface area contributed by atoms with Crippen molar-refractivity contribution >= 4 is 40.1 Å². The molecule has 2 aromatic heterocycles. The number of furan rings is 1. The number of thiazole rings is 1. The van der Waals surface area contributed by atoms with Gasteiger partial charge in [-0.1, -0.05) is 29.8 Å². The molecule has 0 fully saturated rings. The van der Waals surface area contributed by atoms with Crippen LogP contribution < -0.4 is 5.32 Å². The molecule has 7 heteroatoms. The zero-order chi connectivity index (χ0) is 18.5. The molecule has 0 radical (unpaired) electrons. The average Bonchev–Trinajstić information content (AvgIpc) is 3.23. The lowest BCUT2D eigenvalue weighted by atomic mass is 10.1. The van der Waals surface area contributed by atoms with E-state index >= 15 is 0 Å². The number of hydrogen-bond acceptors (Lipinski definition) is 5. The Hall–Kier alpha value is -2.88. The second-order valence-electron chi connectivity index (χ2n) is 5.47. The summed E-state index contributed by atoms with van der Waals surface area (Å²) in [5.74, 6) is 0.631. The van der Waals surface area contributed by atoms with Gasteiger partial charge in [0.05, 0.1) is 0 Å². The average molecular weight is 384 g/mol. The summed E-state index contributed by atoms with van der Waals surface area (Å²) in [4.78, 5) is 17.4. The standard InChI is InChI=1S/C19H14ClN3O2S/c1-12-6-7-15(25-12)8-14(10-21)18(24)23-19-22-11-16(26-19)9-13-4-2-3-5-17(13)20/h2-8,11H,9H2,1H3,(H,22,23,24)/b14-8+. The van der Waals surface area contributed by atoms with Crippen LogP contribution in [0.1, 0.15) is 22.0 Å². The Balaban J connectivity index is 1.70. The van der Waals surface area contributed by atoms with Gasteiger partial charge in [0, 0.05) is 28.6 Å². The van der Waals surface area contributed by atoms with E-state index in [1.54, 1.807) is 25.3 Å². The van der Waals surface area contributed by atoms with Gasteiger partial charge in [-0.2, -0.15) is 5.26 Å². The Labute approximate surface area is 159 Å². The van der Waals surface area contributed by atoms with Gasteiger partial charge in [0.25, 0.3) is 5.91 Å². The van der Waals surface area contributed by atoms with Crippen LogP contribution in [0.4, 0.5) is 5.13 Å². The van der Waals surface area contributed by atoms with E-state index in [4.69, 9.17) is 16.0 Å². The lowest BCUT2D eigenvalue weighted by Crippen LogP contribution is -2.13. The van der Waals surface area contributed by atoms with E-state index in [9.17, 15) is 10.1 Å². The maximum absolute atomic E-state index is 12.3. The third-order valence-electron chi connectivity index (χ3n) is 3.51. The molecule has 26 heavy (non-hydrogen) atoms. The maximum Gasteiger partial charge on any atom is 0.268 e.